The molecule has 5 aromatic carbocycles. The Kier molecular flexibility index (Phi) is 3.84. The van der Waals surface area contributed by atoms with Gasteiger partial charge >= 0.3 is 0 Å². The zero-order valence-electron chi connectivity index (χ0n) is 18.7. The summed E-state index contributed by atoms with van der Waals surface area (Å²) in [5.41, 5.74) is 14.8. The topological polar surface area (TPSA) is 0 Å². The third-order valence-corrected chi connectivity index (χ3v) is 7.69. The number of benzene rings is 5. The van der Waals surface area contributed by atoms with Gasteiger partial charge in [-0.2, -0.15) is 0 Å². The molecule has 2 aliphatic rings. The van der Waals surface area contributed by atoms with Gasteiger partial charge in [0.15, 0.2) is 0 Å². The van der Waals surface area contributed by atoms with E-state index in [0.717, 1.165) is 6.42 Å². The fourth-order valence-corrected chi connectivity index (χ4v) is 6.30. The summed E-state index contributed by atoms with van der Waals surface area (Å²) in [6.07, 6.45) is 1.06. The first kappa shape index (κ1) is 18.7. The van der Waals surface area contributed by atoms with E-state index in [9.17, 15) is 0 Å². The van der Waals surface area contributed by atoms with Crippen molar-refractivity contribution in [1.29, 1.82) is 0 Å². The zero-order chi connectivity index (χ0) is 22.0. The number of rotatable bonds is 2. The van der Waals surface area contributed by atoms with Gasteiger partial charge in [-0.05, 0) is 67.6 Å². The molecule has 0 heteroatoms. The van der Waals surface area contributed by atoms with Crippen molar-refractivity contribution in [3.05, 3.63) is 143 Å². The summed E-state index contributed by atoms with van der Waals surface area (Å²) >= 11 is 0. The Morgan fingerprint density at radius 2 is 0.939 bits per heavy atom. The van der Waals surface area contributed by atoms with Gasteiger partial charge in [-0.15, -0.1) is 0 Å². The maximum atomic E-state index is 2.36. The Balaban J connectivity index is 1.62. The molecule has 0 atom stereocenters. The summed E-state index contributed by atoms with van der Waals surface area (Å²) in [7, 11) is 0. The smallest absolute Gasteiger partial charge is 0.0619 e. The molecule has 0 unspecified atom stereocenters. The fourth-order valence-electron chi connectivity index (χ4n) is 6.30. The molecule has 0 amide bonds. The highest BCUT2D eigenvalue weighted by atomic mass is 14.5. The molecule has 7 rings (SSSR count). The largest absolute Gasteiger partial charge is 0.0725 e. The van der Waals surface area contributed by atoms with Crippen molar-refractivity contribution >= 4 is 0 Å². The van der Waals surface area contributed by atoms with Crippen LogP contribution in [0.4, 0.5) is 0 Å². The third kappa shape index (κ3) is 2.31. The molecule has 0 aliphatic heterocycles. The predicted molar refractivity (Wildman–Crippen MR) is 138 cm³/mol. The summed E-state index contributed by atoms with van der Waals surface area (Å²) in [4.78, 5) is 0. The van der Waals surface area contributed by atoms with Crippen LogP contribution in [0, 0.1) is 0 Å². The number of hydrogen-bond acceptors (Lipinski definition) is 0. The molecule has 2 aliphatic carbocycles. The number of fused-ring (bicyclic) bond motifs is 10. The first-order chi connectivity index (χ1) is 16.3. The van der Waals surface area contributed by atoms with Crippen molar-refractivity contribution in [3.8, 4) is 33.4 Å². The first-order valence-corrected chi connectivity index (χ1v) is 11.9. The van der Waals surface area contributed by atoms with Gasteiger partial charge in [0.2, 0.25) is 0 Å². The van der Waals surface area contributed by atoms with Gasteiger partial charge in [-0.25, -0.2) is 0 Å². The lowest BCUT2D eigenvalue weighted by molar-refractivity contribution is 0.794. The van der Waals surface area contributed by atoms with Gasteiger partial charge in [-0.1, -0.05) is 122 Å². The minimum absolute atomic E-state index is 0.265. The summed E-state index contributed by atoms with van der Waals surface area (Å²) in [6.45, 7) is 2.21. The monoisotopic (exact) mass is 420 g/mol. The standard InChI is InChI=1S/C33H24/c1-2-22-18-20-23(21-19-22)24-13-9-17-31-32(24)27-12-5-8-16-30(27)33(31)28-14-6-3-10-25(28)26-11-4-7-15-29(26)33/h3-21H,2H2,1H3. The van der Waals surface area contributed by atoms with Gasteiger partial charge in [0.25, 0.3) is 0 Å². The Morgan fingerprint density at radius 3 is 1.55 bits per heavy atom. The van der Waals surface area contributed by atoms with E-state index >= 15 is 0 Å². The van der Waals surface area contributed by atoms with Crippen LogP contribution in [0.1, 0.15) is 34.7 Å². The van der Waals surface area contributed by atoms with Crippen LogP contribution in [0.25, 0.3) is 33.4 Å². The number of aryl methyl sites for hydroxylation is 1. The maximum absolute atomic E-state index is 2.36. The second-order valence-electron chi connectivity index (χ2n) is 9.17. The van der Waals surface area contributed by atoms with Gasteiger partial charge in [-0.3, -0.25) is 0 Å². The van der Waals surface area contributed by atoms with Gasteiger partial charge < -0.3 is 0 Å². The molecule has 156 valence electrons. The quantitative estimate of drug-likeness (QED) is 0.264. The second-order valence-corrected chi connectivity index (χ2v) is 9.17. The van der Waals surface area contributed by atoms with Crippen molar-refractivity contribution in [2.75, 3.05) is 0 Å². The molecule has 0 N–H and O–H groups in total. The van der Waals surface area contributed by atoms with Crippen LogP contribution in [-0.4, -0.2) is 0 Å². The van der Waals surface area contributed by atoms with Crippen molar-refractivity contribution < 1.29 is 0 Å². The molecule has 0 radical (unpaired) electrons. The summed E-state index contributed by atoms with van der Waals surface area (Å²) in [5, 5.41) is 0. The highest BCUT2D eigenvalue weighted by Gasteiger charge is 2.51. The lowest BCUT2D eigenvalue weighted by Crippen LogP contribution is -2.25. The average molecular weight is 421 g/mol. The lowest BCUT2D eigenvalue weighted by atomic mass is 9.70. The molecule has 33 heavy (non-hydrogen) atoms. The van der Waals surface area contributed by atoms with Crippen LogP contribution in [0.3, 0.4) is 0 Å². The Bertz CT molecular complexity index is 1490. The average Bonchev–Trinajstić information content (AvgIpc) is 3.36. The highest BCUT2D eigenvalue weighted by molar-refractivity contribution is 5.99. The minimum Gasteiger partial charge on any atom is -0.0619 e. The highest BCUT2D eigenvalue weighted by Crippen LogP contribution is 2.63. The molecule has 5 aromatic rings. The molecule has 0 bridgehead atoms. The Hall–Kier alpha value is -3.90. The maximum Gasteiger partial charge on any atom is 0.0725 e. The molecule has 0 heterocycles. The van der Waals surface area contributed by atoms with Crippen molar-refractivity contribution in [2.45, 2.75) is 18.8 Å². The minimum atomic E-state index is -0.265. The molecule has 0 fully saturated rings. The Morgan fingerprint density at radius 1 is 0.455 bits per heavy atom. The predicted octanol–water partition coefficient (Wildman–Crippen LogP) is 8.26. The molecule has 0 aromatic heterocycles. The fraction of sp³-hybridized carbons (Fsp3) is 0.0909. The summed E-state index contributed by atoms with van der Waals surface area (Å²) < 4.78 is 0. The number of hydrogen-bond donors (Lipinski definition) is 0. The van der Waals surface area contributed by atoms with Crippen molar-refractivity contribution in [3.63, 3.8) is 0 Å². The van der Waals surface area contributed by atoms with Crippen LogP contribution in [0.2, 0.25) is 0 Å². The SMILES string of the molecule is CCc1ccc(-c2cccc3c2-c2ccccc2C32c3ccccc3-c3ccccc32)cc1. The van der Waals surface area contributed by atoms with E-state index in [0.29, 0.717) is 0 Å². The van der Waals surface area contributed by atoms with Crippen LogP contribution < -0.4 is 0 Å². The first-order valence-electron chi connectivity index (χ1n) is 11.9. The van der Waals surface area contributed by atoms with Gasteiger partial charge in [0, 0.05) is 0 Å². The van der Waals surface area contributed by atoms with E-state index in [2.05, 4.69) is 122 Å². The van der Waals surface area contributed by atoms with Crippen molar-refractivity contribution in [2.24, 2.45) is 0 Å². The van der Waals surface area contributed by atoms with Crippen LogP contribution in [-0.2, 0) is 11.8 Å². The van der Waals surface area contributed by atoms with E-state index in [1.54, 1.807) is 0 Å². The summed E-state index contributed by atoms with van der Waals surface area (Å²) in [6, 6.07) is 43.0. The van der Waals surface area contributed by atoms with E-state index in [4.69, 9.17) is 0 Å². The van der Waals surface area contributed by atoms with E-state index in [1.165, 1.54) is 61.2 Å². The van der Waals surface area contributed by atoms with E-state index in [-0.39, 0.29) is 5.41 Å². The van der Waals surface area contributed by atoms with Crippen LogP contribution in [0.15, 0.2) is 115 Å². The second kappa shape index (κ2) is 6.80. The van der Waals surface area contributed by atoms with Gasteiger partial charge in [0.1, 0.15) is 0 Å². The Labute approximate surface area is 195 Å². The van der Waals surface area contributed by atoms with Crippen molar-refractivity contribution in [1.82, 2.24) is 0 Å². The molecule has 1 spiro atoms. The van der Waals surface area contributed by atoms with E-state index < -0.39 is 0 Å². The molecule has 0 saturated heterocycles. The van der Waals surface area contributed by atoms with E-state index in [1.807, 2.05) is 0 Å². The molecular weight excluding hydrogens is 396 g/mol. The molecule has 0 nitrogen and oxygen atoms in total. The molecular formula is C33H24. The van der Waals surface area contributed by atoms with Gasteiger partial charge in [0.05, 0.1) is 5.41 Å². The zero-order valence-corrected chi connectivity index (χ0v) is 18.7. The van der Waals surface area contributed by atoms with Crippen LogP contribution in [0.5, 0.6) is 0 Å². The van der Waals surface area contributed by atoms with Crippen LogP contribution >= 0.6 is 0 Å². The summed E-state index contributed by atoms with van der Waals surface area (Å²) in [5.74, 6) is 0. The third-order valence-electron chi connectivity index (χ3n) is 7.69. The molecule has 0 saturated carbocycles. The normalized spacial score (nSPS) is 14.0. The lowest BCUT2D eigenvalue weighted by Gasteiger charge is -2.30.